The van der Waals surface area contributed by atoms with Crippen LogP contribution in [-0.4, -0.2) is 76.6 Å². The highest BCUT2D eigenvalue weighted by atomic mass is 31.2. The molecular formula is C39H53N2O9P. The Kier molecular flexibility index (Phi) is 11.0. The highest BCUT2D eigenvalue weighted by molar-refractivity contribution is 7.55. The number of carbonyl (C=O) groups excluding carboxylic acids is 3. The normalized spacial score (nSPS) is 29.9. The number of hydrogen-bond donors (Lipinski definition) is 1. The van der Waals surface area contributed by atoms with Crippen LogP contribution in [0.25, 0.3) is 10.8 Å². The Morgan fingerprint density at radius 3 is 2.67 bits per heavy atom. The zero-order chi connectivity index (χ0) is 36.6. The van der Waals surface area contributed by atoms with E-state index in [0.29, 0.717) is 12.3 Å². The van der Waals surface area contributed by atoms with E-state index < -0.39 is 36.8 Å². The number of cyclic esters (lactones) is 1. The van der Waals surface area contributed by atoms with Crippen molar-refractivity contribution in [3.8, 4) is 11.6 Å². The first-order chi connectivity index (χ1) is 24.3. The van der Waals surface area contributed by atoms with Crippen LogP contribution in [0.5, 0.6) is 11.6 Å². The van der Waals surface area contributed by atoms with Gasteiger partial charge in [-0.1, -0.05) is 32.8 Å². The van der Waals surface area contributed by atoms with Crippen molar-refractivity contribution in [1.29, 1.82) is 0 Å². The number of nitrogens with zero attached hydrogens (tertiary/aromatic N) is 2. The van der Waals surface area contributed by atoms with Crippen LogP contribution >= 0.6 is 7.60 Å². The second-order valence-electron chi connectivity index (χ2n) is 15.7. The third-order valence-electron chi connectivity index (χ3n) is 11.7. The number of allylic oxidation sites excluding steroid dienone is 1. The number of methoxy groups -OCH3 is 1. The van der Waals surface area contributed by atoms with E-state index in [1.54, 1.807) is 31.2 Å². The summed E-state index contributed by atoms with van der Waals surface area (Å²) in [5, 5.41) is 0.418. The molecule has 4 aliphatic rings. The Morgan fingerprint density at radius 1 is 1.22 bits per heavy atom. The van der Waals surface area contributed by atoms with Gasteiger partial charge in [0.25, 0.3) is 0 Å². The number of ketones is 1. The summed E-state index contributed by atoms with van der Waals surface area (Å²) < 4.78 is 37.0. The molecule has 3 unspecified atom stereocenters. The Balaban J connectivity index is 1.38. The van der Waals surface area contributed by atoms with E-state index in [4.69, 9.17) is 18.7 Å². The molecule has 0 spiro atoms. The van der Waals surface area contributed by atoms with Crippen LogP contribution in [0.1, 0.15) is 90.5 Å². The number of esters is 1. The molecule has 4 bridgehead atoms. The van der Waals surface area contributed by atoms with Crippen molar-refractivity contribution >= 4 is 36.0 Å². The SMILES string of the molecule is C=CC1CC1(CC(=O)[C@@H]1C[C@@H]2CN1C(=O)[C@H](C1CCCC1)CC(=O)OCC(C)(C)CCCc1cc3c(nccc3cc1OC)O2)P(=O)(O)OCC. The Bertz CT molecular complexity index is 1700. The predicted molar refractivity (Wildman–Crippen MR) is 193 cm³/mol. The molecule has 6 atom stereocenters. The largest absolute Gasteiger partial charge is 0.496 e. The summed E-state index contributed by atoms with van der Waals surface area (Å²) in [6, 6.07) is 5.00. The number of Topliss-reactive ketones (excluding diaryl/α,β-unsaturated/α-hetero) is 1. The average Bonchev–Trinajstić information content (AvgIpc) is 3.38. The standard InChI is InChI=1S/C39H53N2O9P/c1-6-28-21-39(28,51(45,46)49-7-2)22-33(42)32-19-29-23-41(32)37(44)31(25-11-8-9-12-25)20-35(43)48-24-38(3,4)15-10-13-27-17-30-26(18-34(27)47-5)14-16-40-36(30)50-29/h6,14,16-18,25,28-29,31-32H,1,7-13,15,19-24H2,2-5H3,(H,45,46)/t28?,29-,31+,32+,39?/m1/s1. The van der Waals surface area contributed by atoms with Crippen molar-refractivity contribution in [2.45, 2.75) is 109 Å². The van der Waals surface area contributed by atoms with Gasteiger partial charge in [-0.05, 0) is 91.8 Å². The minimum absolute atomic E-state index is 0.0111. The summed E-state index contributed by atoms with van der Waals surface area (Å²) in [5.41, 5.74) is 0.713. The van der Waals surface area contributed by atoms with Gasteiger partial charge < -0.3 is 28.5 Å². The lowest BCUT2D eigenvalue weighted by molar-refractivity contribution is -0.153. The molecule has 1 N–H and O–H groups in total. The van der Waals surface area contributed by atoms with Crippen LogP contribution in [0.4, 0.5) is 0 Å². The van der Waals surface area contributed by atoms with Crippen molar-refractivity contribution in [2.75, 3.05) is 26.9 Å². The number of amides is 1. The number of hydrogen-bond acceptors (Lipinski definition) is 9. The molecule has 3 heterocycles. The number of pyridine rings is 1. The van der Waals surface area contributed by atoms with E-state index in [1.165, 1.54) is 0 Å². The maximum Gasteiger partial charge on any atom is 0.335 e. The smallest absolute Gasteiger partial charge is 0.335 e. The number of carbonyl (C=O) groups is 3. The molecule has 51 heavy (non-hydrogen) atoms. The lowest BCUT2D eigenvalue weighted by Crippen LogP contribution is -2.46. The molecule has 11 nitrogen and oxygen atoms in total. The van der Waals surface area contributed by atoms with E-state index in [9.17, 15) is 23.8 Å². The first kappa shape index (κ1) is 37.5. The van der Waals surface area contributed by atoms with Crippen LogP contribution < -0.4 is 9.47 Å². The molecule has 1 aromatic carbocycles. The van der Waals surface area contributed by atoms with Crippen LogP contribution in [0.15, 0.2) is 37.1 Å². The average molecular weight is 725 g/mol. The van der Waals surface area contributed by atoms with E-state index in [-0.39, 0.29) is 68.0 Å². The van der Waals surface area contributed by atoms with Gasteiger partial charge in [0.1, 0.15) is 11.9 Å². The summed E-state index contributed by atoms with van der Waals surface area (Å²) in [6.45, 7) is 10.00. The van der Waals surface area contributed by atoms with E-state index in [2.05, 4.69) is 25.4 Å². The highest BCUT2D eigenvalue weighted by Gasteiger charge is 2.66. The van der Waals surface area contributed by atoms with Crippen molar-refractivity contribution in [3.05, 3.63) is 42.6 Å². The van der Waals surface area contributed by atoms with Crippen LogP contribution in [0.2, 0.25) is 0 Å². The zero-order valence-electron chi connectivity index (χ0n) is 30.4. The first-order valence-corrected chi connectivity index (χ1v) is 20.1. The summed E-state index contributed by atoms with van der Waals surface area (Å²) in [4.78, 5) is 59.7. The molecular weight excluding hydrogens is 671 g/mol. The third-order valence-corrected chi connectivity index (χ3v) is 14.1. The van der Waals surface area contributed by atoms with Crippen LogP contribution in [0.3, 0.4) is 0 Å². The van der Waals surface area contributed by atoms with Gasteiger partial charge in [-0.3, -0.25) is 18.9 Å². The minimum Gasteiger partial charge on any atom is -0.496 e. The molecule has 2 aliphatic heterocycles. The fraction of sp³-hybridized carbons (Fsp3) is 0.641. The third kappa shape index (κ3) is 7.77. The number of ether oxygens (including phenoxy) is 3. The molecule has 0 radical (unpaired) electrons. The summed E-state index contributed by atoms with van der Waals surface area (Å²) in [6.07, 6.45) is 8.84. The number of aromatic nitrogens is 1. The molecule has 3 fully saturated rings. The van der Waals surface area contributed by atoms with Crippen molar-refractivity contribution < 1.29 is 42.6 Å². The Morgan fingerprint density at radius 2 is 1.98 bits per heavy atom. The lowest BCUT2D eigenvalue weighted by Gasteiger charge is -2.32. The minimum atomic E-state index is -4.19. The first-order valence-electron chi connectivity index (χ1n) is 18.5. The van der Waals surface area contributed by atoms with Gasteiger partial charge >= 0.3 is 13.6 Å². The Labute approximate surface area is 301 Å². The van der Waals surface area contributed by atoms with Gasteiger partial charge in [0.05, 0.1) is 50.4 Å². The molecule has 12 heteroatoms. The topological polar surface area (TPSA) is 142 Å². The monoisotopic (exact) mass is 724 g/mol. The van der Waals surface area contributed by atoms with Crippen LogP contribution in [-0.2, 0) is 34.6 Å². The van der Waals surface area contributed by atoms with E-state index in [1.807, 2.05) is 18.2 Å². The van der Waals surface area contributed by atoms with E-state index >= 15 is 0 Å². The Hall–Kier alpha value is -3.27. The van der Waals surface area contributed by atoms with Crippen LogP contribution in [0, 0.1) is 23.2 Å². The second-order valence-corrected chi connectivity index (χ2v) is 17.9. The predicted octanol–water partition coefficient (Wildman–Crippen LogP) is 6.82. The summed E-state index contributed by atoms with van der Waals surface area (Å²) in [7, 11) is -2.54. The lowest BCUT2D eigenvalue weighted by atomic mass is 9.86. The molecule has 2 aromatic rings. The molecule has 278 valence electrons. The molecule has 1 amide bonds. The quantitative estimate of drug-likeness (QED) is 0.166. The summed E-state index contributed by atoms with van der Waals surface area (Å²) in [5.74, 6) is -0.873. The van der Waals surface area contributed by atoms with Crippen molar-refractivity contribution in [2.24, 2.45) is 23.2 Å². The molecule has 1 aromatic heterocycles. The second kappa shape index (κ2) is 15.0. The zero-order valence-corrected chi connectivity index (χ0v) is 31.3. The number of aryl methyl sites for hydroxylation is 1. The van der Waals surface area contributed by atoms with Gasteiger partial charge in [-0.2, -0.15) is 0 Å². The summed E-state index contributed by atoms with van der Waals surface area (Å²) >= 11 is 0. The van der Waals surface area contributed by atoms with Crippen molar-refractivity contribution in [1.82, 2.24) is 9.88 Å². The fourth-order valence-corrected chi connectivity index (χ4v) is 10.5. The van der Waals surface area contributed by atoms with Gasteiger partial charge in [-0.25, -0.2) is 4.98 Å². The molecule has 2 saturated carbocycles. The fourth-order valence-electron chi connectivity index (χ4n) is 8.64. The van der Waals surface area contributed by atoms with E-state index in [0.717, 1.165) is 67.0 Å². The van der Waals surface area contributed by atoms with Crippen molar-refractivity contribution in [3.63, 3.8) is 0 Å². The maximum atomic E-state index is 14.7. The molecule has 2 aliphatic carbocycles. The van der Waals surface area contributed by atoms with Gasteiger partial charge in [0.15, 0.2) is 5.78 Å². The van der Waals surface area contributed by atoms with Gasteiger partial charge in [0, 0.05) is 24.4 Å². The number of benzene rings is 1. The number of rotatable bonds is 9. The molecule has 6 rings (SSSR count). The number of fused-ring (bicyclic) bond motifs is 3. The highest BCUT2D eigenvalue weighted by Crippen LogP contribution is 2.73. The maximum absolute atomic E-state index is 14.7. The van der Waals surface area contributed by atoms with Gasteiger partial charge in [-0.15, -0.1) is 6.58 Å². The molecule has 1 saturated heterocycles. The van der Waals surface area contributed by atoms with Gasteiger partial charge in [0.2, 0.25) is 11.8 Å².